The van der Waals surface area contributed by atoms with Crippen molar-refractivity contribution in [3.8, 4) is 0 Å². The van der Waals surface area contributed by atoms with Crippen LogP contribution in [0.1, 0.15) is 5.56 Å². The van der Waals surface area contributed by atoms with E-state index in [1.807, 2.05) is 36.5 Å². The van der Waals surface area contributed by atoms with E-state index in [0.29, 0.717) is 0 Å². The minimum atomic E-state index is 0.807. The van der Waals surface area contributed by atoms with Gasteiger partial charge in [-0.05, 0) is 45.8 Å². The summed E-state index contributed by atoms with van der Waals surface area (Å²) in [5.74, 6) is 0.889. The van der Waals surface area contributed by atoms with Crippen LogP contribution in [0.3, 0.4) is 0 Å². The quantitative estimate of drug-likeness (QED) is 0.693. The molecule has 0 aliphatic carbocycles. The van der Waals surface area contributed by atoms with Crippen molar-refractivity contribution in [3.05, 3.63) is 52.6 Å². The maximum absolute atomic E-state index is 5.72. The lowest BCUT2D eigenvalue weighted by Gasteiger charge is -2.02. The third-order valence-corrected chi connectivity index (χ3v) is 3.52. The lowest BCUT2D eigenvalue weighted by Crippen LogP contribution is -1.87. The fourth-order valence-electron chi connectivity index (χ4n) is 1.29. The van der Waals surface area contributed by atoms with Crippen LogP contribution in [0.15, 0.2) is 52.1 Å². The van der Waals surface area contributed by atoms with Gasteiger partial charge in [-0.15, -0.1) is 11.8 Å². The average molecular weight is 295 g/mol. The Kier molecular flexibility index (Phi) is 3.85. The molecule has 0 aliphatic rings. The van der Waals surface area contributed by atoms with Gasteiger partial charge in [0.15, 0.2) is 0 Å². The van der Waals surface area contributed by atoms with Crippen LogP contribution in [0.2, 0.25) is 0 Å². The Bertz CT molecular complexity index is 471. The molecule has 1 aromatic carbocycles. The number of benzene rings is 1. The van der Waals surface area contributed by atoms with Crippen molar-refractivity contribution in [2.24, 2.45) is 0 Å². The Morgan fingerprint density at radius 3 is 2.81 bits per heavy atom. The van der Waals surface area contributed by atoms with Crippen LogP contribution < -0.4 is 5.73 Å². The van der Waals surface area contributed by atoms with E-state index < -0.39 is 0 Å². The molecule has 0 radical (unpaired) electrons. The first-order valence-electron chi connectivity index (χ1n) is 4.83. The number of aromatic nitrogens is 1. The Balaban J connectivity index is 1.99. The highest BCUT2D eigenvalue weighted by Gasteiger charge is 1.98. The van der Waals surface area contributed by atoms with E-state index in [9.17, 15) is 0 Å². The van der Waals surface area contributed by atoms with E-state index in [4.69, 9.17) is 5.73 Å². The smallest absolute Gasteiger partial charge is 0.0963 e. The van der Waals surface area contributed by atoms with Gasteiger partial charge in [-0.1, -0.05) is 12.1 Å². The van der Waals surface area contributed by atoms with Crippen molar-refractivity contribution in [2.75, 3.05) is 5.73 Å². The lowest BCUT2D eigenvalue weighted by atomic mass is 10.2. The summed E-state index contributed by atoms with van der Waals surface area (Å²) in [5.41, 5.74) is 7.74. The molecule has 4 heteroatoms. The highest BCUT2D eigenvalue weighted by molar-refractivity contribution is 9.10. The second kappa shape index (κ2) is 5.37. The largest absolute Gasteiger partial charge is 0.399 e. The molecule has 0 fully saturated rings. The second-order valence-electron chi connectivity index (χ2n) is 3.35. The molecule has 2 nitrogen and oxygen atoms in total. The zero-order valence-electron chi connectivity index (χ0n) is 8.56. The molecule has 0 atom stereocenters. The SMILES string of the molecule is Nc1cccc(CSc2ccc(Br)cn2)c1. The summed E-state index contributed by atoms with van der Waals surface area (Å²) in [6.07, 6.45) is 1.81. The minimum absolute atomic E-state index is 0.807. The molecular formula is C12H11BrN2S. The summed E-state index contributed by atoms with van der Waals surface area (Å²) in [7, 11) is 0. The van der Waals surface area contributed by atoms with Gasteiger partial charge in [-0.3, -0.25) is 0 Å². The van der Waals surface area contributed by atoms with Gasteiger partial charge in [-0.25, -0.2) is 4.98 Å². The molecule has 0 saturated heterocycles. The van der Waals surface area contributed by atoms with Gasteiger partial charge in [-0.2, -0.15) is 0 Å². The van der Waals surface area contributed by atoms with Crippen molar-refractivity contribution in [1.29, 1.82) is 0 Å². The molecule has 0 aliphatic heterocycles. The average Bonchev–Trinajstić information content (AvgIpc) is 2.28. The van der Waals surface area contributed by atoms with E-state index in [2.05, 4.69) is 27.0 Å². The van der Waals surface area contributed by atoms with Crippen LogP contribution in [-0.4, -0.2) is 4.98 Å². The maximum atomic E-state index is 5.72. The van der Waals surface area contributed by atoms with E-state index in [0.717, 1.165) is 20.9 Å². The molecule has 0 spiro atoms. The molecule has 0 bridgehead atoms. The molecular weight excluding hydrogens is 284 g/mol. The van der Waals surface area contributed by atoms with Gasteiger partial charge >= 0.3 is 0 Å². The maximum Gasteiger partial charge on any atom is 0.0963 e. The van der Waals surface area contributed by atoms with Crippen molar-refractivity contribution >= 4 is 33.4 Å². The Hall–Kier alpha value is -1.00. The Morgan fingerprint density at radius 2 is 2.12 bits per heavy atom. The van der Waals surface area contributed by atoms with Gasteiger partial charge in [0.1, 0.15) is 0 Å². The molecule has 2 aromatic rings. The predicted octanol–water partition coefficient (Wildman–Crippen LogP) is 3.72. The molecule has 0 amide bonds. The summed E-state index contributed by atoms with van der Waals surface area (Å²) in [5, 5.41) is 1.02. The third-order valence-electron chi connectivity index (χ3n) is 2.04. The molecule has 1 aromatic heterocycles. The summed E-state index contributed by atoms with van der Waals surface area (Å²) >= 11 is 5.07. The van der Waals surface area contributed by atoms with Crippen molar-refractivity contribution in [2.45, 2.75) is 10.8 Å². The number of pyridine rings is 1. The van der Waals surface area contributed by atoms with E-state index in [1.165, 1.54) is 5.56 Å². The van der Waals surface area contributed by atoms with Crippen molar-refractivity contribution in [3.63, 3.8) is 0 Å². The van der Waals surface area contributed by atoms with Crippen LogP contribution in [0.4, 0.5) is 5.69 Å². The third kappa shape index (κ3) is 3.25. The molecule has 0 saturated carbocycles. The van der Waals surface area contributed by atoms with Crippen LogP contribution in [0, 0.1) is 0 Å². The molecule has 0 unspecified atom stereocenters. The van der Waals surface area contributed by atoms with E-state index >= 15 is 0 Å². The summed E-state index contributed by atoms with van der Waals surface area (Å²) in [6.45, 7) is 0. The van der Waals surface area contributed by atoms with E-state index in [-0.39, 0.29) is 0 Å². The highest BCUT2D eigenvalue weighted by Crippen LogP contribution is 2.22. The monoisotopic (exact) mass is 294 g/mol. The zero-order valence-corrected chi connectivity index (χ0v) is 11.0. The minimum Gasteiger partial charge on any atom is -0.399 e. The number of hydrogen-bond donors (Lipinski definition) is 1. The van der Waals surface area contributed by atoms with Crippen molar-refractivity contribution in [1.82, 2.24) is 4.98 Å². The molecule has 16 heavy (non-hydrogen) atoms. The number of nitrogens with two attached hydrogens (primary N) is 1. The van der Waals surface area contributed by atoms with Gasteiger partial charge in [0.25, 0.3) is 0 Å². The molecule has 1 heterocycles. The standard InChI is InChI=1S/C12H11BrN2S/c13-10-4-5-12(15-7-10)16-8-9-2-1-3-11(14)6-9/h1-7H,8,14H2. The first kappa shape index (κ1) is 11.5. The van der Waals surface area contributed by atoms with Gasteiger partial charge in [0.2, 0.25) is 0 Å². The zero-order chi connectivity index (χ0) is 11.4. The fourth-order valence-corrected chi connectivity index (χ4v) is 2.31. The number of nitrogen functional groups attached to an aromatic ring is 1. The molecule has 2 rings (SSSR count). The number of thioether (sulfide) groups is 1. The second-order valence-corrected chi connectivity index (χ2v) is 5.26. The van der Waals surface area contributed by atoms with E-state index in [1.54, 1.807) is 11.8 Å². The Morgan fingerprint density at radius 1 is 1.25 bits per heavy atom. The van der Waals surface area contributed by atoms with Gasteiger partial charge in [0, 0.05) is 22.1 Å². The predicted molar refractivity (Wildman–Crippen MR) is 72.4 cm³/mol. The number of anilines is 1. The summed E-state index contributed by atoms with van der Waals surface area (Å²) < 4.78 is 1.00. The normalized spacial score (nSPS) is 10.3. The topological polar surface area (TPSA) is 38.9 Å². The first-order chi connectivity index (χ1) is 7.74. The number of nitrogens with zero attached hydrogens (tertiary/aromatic N) is 1. The van der Waals surface area contributed by atoms with Crippen LogP contribution in [0.25, 0.3) is 0 Å². The Labute approximate surface area is 107 Å². The van der Waals surface area contributed by atoms with Gasteiger partial charge in [0.05, 0.1) is 5.03 Å². The summed E-state index contributed by atoms with van der Waals surface area (Å²) in [6, 6.07) is 11.9. The number of halogens is 1. The number of rotatable bonds is 3. The first-order valence-corrected chi connectivity index (χ1v) is 6.61. The summed E-state index contributed by atoms with van der Waals surface area (Å²) in [4.78, 5) is 4.30. The van der Waals surface area contributed by atoms with Crippen LogP contribution >= 0.6 is 27.7 Å². The van der Waals surface area contributed by atoms with Crippen LogP contribution in [0.5, 0.6) is 0 Å². The lowest BCUT2D eigenvalue weighted by molar-refractivity contribution is 1.12. The van der Waals surface area contributed by atoms with Crippen LogP contribution in [-0.2, 0) is 5.75 Å². The van der Waals surface area contributed by atoms with Crippen molar-refractivity contribution < 1.29 is 0 Å². The number of hydrogen-bond acceptors (Lipinski definition) is 3. The fraction of sp³-hybridized carbons (Fsp3) is 0.0833. The molecule has 2 N–H and O–H groups in total. The highest BCUT2D eigenvalue weighted by atomic mass is 79.9. The molecule has 82 valence electrons. The van der Waals surface area contributed by atoms with Gasteiger partial charge < -0.3 is 5.73 Å².